The van der Waals surface area contributed by atoms with Crippen molar-refractivity contribution >= 4 is 53.0 Å². The molecule has 0 fully saturated rings. The van der Waals surface area contributed by atoms with E-state index >= 15 is 0 Å². The SMILES string of the molecule is C[Si]1(C)OCc2cc([Si](Cl)(Cl)Cl)ccc2O1. The van der Waals surface area contributed by atoms with Crippen molar-refractivity contribution in [1.29, 1.82) is 0 Å². The molecule has 1 aliphatic heterocycles. The highest BCUT2D eigenvalue weighted by molar-refractivity contribution is 7.69. The second-order valence-electron chi connectivity index (χ2n) is 4.11. The molecule has 2 rings (SSSR count). The van der Waals surface area contributed by atoms with Gasteiger partial charge in [0.25, 0.3) is 0 Å². The molecule has 0 aromatic heterocycles. The second kappa shape index (κ2) is 4.19. The summed E-state index contributed by atoms with van der Waals surface area (Å²) in [6.45, 7) is 4.55. The Labute approximate surface area is 111 Å². The summed E-state index contributed by atoms with van der Waals surface area (Å²) in [6, 6.07) is 2.76. The number of halogens is 3. The van der Waals surface area contributed by atoms with Crippen LogP contribution in [-0.4, -0.2) is 14.6 Å². The van der Waals surface area contributed by atoms with Crippen LogP contribution in [0.4, 0.5) is 0 Å². The van der Waals surface area contributed by atoms with Crippen molar-refractivity contribution in [2.45, 2.75) is 19.7 Å². The first-order valence-electron chi connectivity index (χ1n) is 4.81. The molecule has 1 aromatic rings. The van der Waals surface area contributed by atoms with Gasteiger partial charge >= 0.3 is 14.6 Å². The Morgan fingerprint density at radius 3 is 2.56 bits per heavy atom. The van der Waals surface area contributed by atoms with E-state index in [4.69, 9.17) is 42.1 Å². The summed E-state index contributed by atoms with van der Waals surface area (Å²) in [7, 11) is -1.99. The topological polar surface area (TPSA) is 18.5 Å². The zero-order valence-corrected chi connectivity index (χ0v) is 13.2. The van der Waals surface area contributed by atoms with Crippen molar-refractivity contribution in [3.63, 3.8) is 0 Å². The maximum atomic E-state index is 5.95. The van der Waals surface area contributed by atoms with Crippen molar-refractivity contribution in [2.24, 2.45) is 0 Å². The third-order valence-corrected chi connectivity index (χ3v) is 6.80. The minimum absolute atomic E-state index is 0.539. The third kappa shape index (κ3) is 2.75. The van der Waals surface area contributed by atoms with E-state index in [0.29, 0.717) is 6.61 Å². The molecule has 0 atom stereocenters. The van der Waals surface area contributed by atoms with E-state index in [1.807, 2.05) is 31.3 Å². The van der Waals surface area contributed by atoms with Gasteiger partial charge < -0.3 is 8.85 Å². The van der Waals surface area contributed by atoms with E-state index in [1.165, 1.54) is 0 Å². The van der Waals surface area contributed by atoms with Gasteiger partial charge in [-0.2, -0.15) is 0 Å². The van der Waals surface area contributed by atoms with E-state index in [0.717, 1.165) is 16.5 Å². The van der Waals surface area contributed by atoms with Crippen molar-refractivity contribution in [3.05, 3.63) is 23.8 Å². The molecular weight excluding hydrogens is 303 g/mol. The van der Waals surface area contributed by atoms with Gasteiger partial charge in [-0.1, -0.05) is 12.1 Å². The molecule has 0 bridgehead atoms. The standard InChI is InChI=1S/C9H11Cl3O2Si2/c1-15(2)13-6-7-5-8(16(10,11)12)3-4-9(7)14-15/h3-5H,6H2,1-2H3. The summed E-state index contributed by atoms with van der Waals surface area (Å²) in [5.74, 6) is 0.856. The van der Waals surface area contributed by atoms with Crippen LogP contribution in [0.1, 0.15) is 5.56 Å². The minimum atomic E-state index is -2.81. The number of rotatable bonds is 1. The summed E-state index contributed by atoms with van der Waals surface area (Å²) >= 11 is 17.9. The monoisotopic (exact) mass is 312 g/mol. The lowest BCUT2D eigenvalue weighted by molar-refractivity contribution is 0.211. The van der Waals surface area contributed by atoms with Gasteiger partial charge in [0.15, 0.2) is 0 Å². The molecule has 0 N–H and O–H groups in total. The molecule has 2 nitrogen and oxygen atoms in total. The smallest absolute Gasteiger partial charge is 0.392 e. The molecule has 88 valence electrons. The minimum Gasteiger partial charge on any atom is -0.520 e. The van der Waals surface area contributed by atoms with Crippen LogP contribution in [0.2, 0.25) is 13.1 Å². The molecule has 0 saturated heterocycles. The van der Waals surface area contributed by atoms with Crippen LogP contribution >= 0.6 is 33.2 Å². The third-order valence-electron chi connectivity index (χ3n) is 2.32. The zero-order chi connectivity index (χ0) is 12.0. The molecule has 0 radical (unpaired) electrons. The lowest BCUT2D eigenvalue weighted by atomic mass is 10.2. The fourth-order valence-electron chi connectivity index (χ4n) is 1.51. The first-order valence-corrected chi connectivity index (χ1v) is 12.7. The van der Waals surface area contributed by atoms with Gasteiger partial charge in [-0.15, -0.1) is 33.2 Å². The Morgan fingerprint density at radius 2 is 1.94 bits per heavy atom. The molecule has 0 aliphatic carbocycles. The highest BCUT2D eigenvalue weighted by atomic mass is 35.8. The van der Waals surface area contributed by atoms with Gasteiger partial charge in [0, 0.05) is 5.56 Å². The summed E-state index contributed by atoms with van der Waals surface area (Å²) in [6.07, 6.45) is 0. The predicted molar refractivity (Wildman–Crippen MR) is 72.3 cm³/mol. The zero-order valence-electron chi connectivity index (χ0n) is 8.89. The largest absolute Gasteiger partial charge is 0.520 e. The Hall–Kier alpha value is 0.284. The summed E-state index contributed by atoms with van der Waals surface area (Å²) in [5.41, 5.74) is 0.961. The molecule has 1 aliphatic rings. The Kier molecular flexibility index (Phi) is 3.33. The number of benzene rings is 1. The van der Waals surface area contributed by atoms with E-state index in [1.54, 1.807) is 0 Å². The van der Waals surface area contributed by atoms with Gasteiger partial charge in [-0.05, 0) is 24.3 Å². The first kappa shape index (κ1) is 12.7. The van der Waals surface area contributed by atoms with Crippen molar-refractivity contribution < 1.29 is 8.85 Å². The van der Waals surface area contributed by atoms with Gasteiger partial charge in [0.05, 0.1) is 6.61 Å². The molecule has 0 spiro atoms. The molecular formula is C9H11Cl3O2Si2. The van der Waals surface area contributed by atoms with E-state index in [2.05, 4.69) is 0 Å². The fraction of sp³-hybridized carbons (Fsp3) is 0.333. The number of hydrogen-bond acceptors (Lipinski definition) is 2. The molecule has 1 aromatic carbocycles. The molecule has 1 heterocycles. The predicted octanol–water partition coefficient (Wildman–Crippen LogP) is 3.16. The molecule has 16 heavy (non-hydrogen) atoms. The molecule has 0 amide bonds. The van der Waals surface area contributed by atoms with Gasteiger partial charge in [-0.3, -0.25) is 0 Å². The van der Waals surface area contributed by atoms with E-state index < -0.39 is 14.6 Å². The quantitative estimate of drug-likeness (QED) is 0.586. The fourth-order valence-corrected chi connectivity index (χ4v) is 4.47. The van der Waals surface area contributed by atoms with Crippen molar-refractivity contribution in [1.82, 2.24) is 0 Å². The Bertz CT molecular complexity index is 418. The molecule has 0 unspecified atom stereocenters. The van der Waals surface area contributed by atoms with Crippen LogP contribution in [0, 0.1) is 0 Å². The second-order valence-corrected chi connectivity index (χ2v) is 15.8. The van der Waals surface area contributed by atoms with Crippen LogP contribution in [0.15, 0.2) is 18.2 Å². The average Bonchev–Trinajstić information content (AvgIpc) is 2.14. The number of fused-ring (bicyclic) bond motifs is 1. The molecule has 7 heteroatoms. The van der Waals surface area contributed by atoms with E-state index in [9.17, 15) is 0 Å². The Balaban J connectivity index is 2.36. The number of hydrogen-bond donors (Lipinski definition) is 0. The normalized spacial score (nSPS) is 18.8. The lowest BCUT2D eigenvalue weighted by Crippen LogP contribution is -2.42. The summed E-state index contributed by atoms with van der Waals surface area (Å²) in [5, 5.41) is 0.768. The summed E-state index contributed by atoms with van der Waals surface area (Å²) < 4.78 is 11.5. The van der Waals surface area contributed by atoms with Crippen LogP contribution in [0.5, 0.6) is 5.75 Å². The van der Waals surface area contributed by atoms with Gasteiger partial charge in [-0.25, -0.2) is 0 Å². The average molecular weight is 314 g/mol. The van der Waals surface area contributed by atoms with E-state index in [-0.39, 0.29) is 0 Å². The Morgan fingerprint density at radius 1 is 1.25 bits per heavy atom. The first-order chi connectivity index (χ1) is 7.28. The van der Waals surface area contributed by atoms with Gasteiger partial charge in [0.2, 0.25) is 0 Å². The van der Waals surface area contributed by atoms with Crippen LogP contribution in [0.3, 0.4) is 0 Å². The van der Waals surface area contributed by atoms with Crippen LogP contribution in [-0.2, 0) is 11.0 Å². The van der Waals surface area contributed by atoms with Crippen molar-refractivity contribution in [2.75, 3.05) is 0 Å². The van der Waals surface area contributed by atoms with Crippen LogP contribution in [0.25, 0.3) is 0 Å². The highest BCUT2D eigenvalue weighted by Gasteiger charge is 2.34. The van der Waals surface area contributed by atoms with Crippen LogP contribution < -0.4 is 9.61 Å². The maximum Gasteiger partial charge on any atom is 0.392 e. The maximum absolute atomic E-state index is 5.95. The lowest BCUT2D eigenvalue weighted by Gasteiger charge is -2.31. The van der Waals surface area contributed by atoms with Crippen molar-refractivity contribution in [3.8, 4) is 5.75 Å². The summed E-state index contributed by atoms with van der Waals surface area (Å²) in [4.78, 5) is 0. The molecule has 0 saturated carbocycles. The highest BCUT2D eigenvalue weighted by Crippen LogP contribution is 2.30. The van der Waals surface area contributed by atoms with Gasteiger partial charge in [0.1, 0.15) is 5.75 Å².